The summed E-state index contributed by atoms with van der Waals surface area (Å²) in [4.78, 5) is 36.3. The largest absolute Gasteiger partial charge is 0.378 e. The molecule has 0 unspecified atom stereocenters. The van der Waals surface area contributed by atoms with Crippen molar-refractivity contribution in [1.29, 1.82) is 0 Å². The number of carbonyl (C=O) groups is 2. The molecule has 7 nitrogen and oxygen atoms in total. The van der Waals surface area contributed by atoms with Gasteiger partial charge >= 0.3 is 0 Å². The third-order valence-electron chi connectivity index (χ3n) is 5.84. The van der Waals surface area contributed by atoms with Crippen LogP contribution in [0.2, 0.25) is 0 Å². The number of carbonyl (C=O) groups excluding carboxylic acids is 2. The van der Waals surface area contributed by atoms with Gasteiger partial charge < -0.3 is 15.4 Å². The van der Waals surface area contributed by atoms with Crippen LogP contribution in [-0.2, 0) is 4.74 Å². The van der Waals surface area contributed by atoms with Crippen LogP contribution in [-0.4, -0.2) is 48.0 Å². The van der Waals surface area contributed by atoms with Gasteiger partial charge in [0, 0.05) is 24.2 Å². The molecule has 0 atom stereocenters. The minimum atomic E-state index is -0.654. The number of nitrogens with two attached hydrogens (primary N) is 1. The van der Waals surface area contributed by atoms with Crippen molar-refractivity contribution in [2.75, 3.05) is 31.2 Å². The van der Waals surface area contributed by atoms with Gasteiger partial charge in [0.1, 0.15) is 11.6 Å². The van der Waals surface area contributed by atoms with E-state index in [4.69, 9.17) is 10.5 Å². The number of benzene rings is 3. The van der Waals surface area contributed by atoms with Gasteiger partial charge in [0.05, 0.1) is 36.0 Å². The molecule has 1 aliphatic rings. The Morgan fingerprint density at radius 3 is 2.53 bits per heavy atom. The summed E-state index contributed by atoms with van der Waals surface area (Å²) in [6.07, 6.45) is 1.70. The molecule has 2 heterocycles. The molecule has 0 spiro atoms. The van der Waals surface area contributed by atoms with Crippen molar-refractivity contribution in [3.05, 3.63) is 89.4 Å². The van der Waals surface area contributed by atoms with E-state index in [0.717, 1.165) is 0 Å². The Balaban J connectivity index is 1.52. The number of hydrogen-bond donors (Lipinski definition) is 1. The quantitative estimate of drug-likeness (QED) is 0.461. The molecular formula is C26H21FN4O3. The van der Waals surface area contributed by atoms with Crippen molar-refractivity contribution in [3.8, 4) is 11.1 Å². The molecule has 0 saturated carbocycles. The summed E-state index contributed by atoms with van der Waals surface area (Å²) >= 11 is 0. The first-order valence-corrected chi connectivity index (χ1v) is 10.8. The van der Waals surface area contributed by atoms with E-state index in [0.29, 0.717) is 65.4 Å². The molecule has 2 N–H and O–H groups in total. The van der Waals surface area contributed by atoms with Crippen LogP contribution in [0.4, 0.5) is 10.2 Å². The van der Waals surface area contributed by atoms with Crippen LogP contribution in [0.1, 0.15) is 26.3 Å². The molecule has 1 saturated heterocycles. The molecule has 3 aromatic carbocycles. The number of ether oxygens (including phenoxy) is 1. The number of hydrogen-bond acceptors (Lipinski definition) is 6. The molecule has 0 radical (unpaired) electrons. The summed E-state index contributed by atoms with van der Waals surface area (Å²) < 4.78 is 20.1. The Kier molecular flexibility index (Phi) is 5.73. The number of anilines is 1. The number of rotatable bonds is 5. The summed E-state index contributed by atoms with van der Waals surface area (Å²) in [7, 11) is 0. The van der Waals surface area contributed by atoms with E-state index in [-0.39, 0.29) is 5.56 Å². The lowest BCUT2D eigenvalue weighted by molar-refractivity contribution is 0.0999. The molecule has 0 aliphatic carbocycles. The van der Waals surface area contributed by atoms with E-state index in [2.05, 4.69) is 14.9 Å². The maximum absolute atomic E-state index is 14.7. The maximum Gasteiger partial charge on any atom is 0.249 e. The second-order valence-corrected chi connectivity index (χ2v) is 7.96. The highest BCUT2D eigenvalue weighted by atomic mass is 19.1. The zero-order valence-electron chi connectivity index (χ0n) is 18.2. The van der Waals surface area contributed by atoms with Crippen LogP contribution >= 0.6 is 0 Å². The van der Waals surface area contributed by atoms with E-state index >= 15 is 0 Å². The predicted octanol–water partition coefficient (Wildman–Crippen LogP) is 3.60. The number of nitrogens with zero attached hydrogens (tertiary/aromatic N) is 3. The molecule has 1 aromatic heterocycles. The fourth-order valence-electron chi connectivity index (χ4n) is 4.06. The van der Waals surface area contributed by atoms with Gasteiger partial charge in [-0.15, -0.1) is 0 Å². The second-order valence-electron chi connectivity index (χ2n) is 7.96. The standard InChI is InChI=1S/C26H21FN4O3/c27-21-7-5-16(18-3-1-2-4-19(18)26(28)33)13-20(21)25(32)17-6-8-22-23(14-17)30-24(15-29-22)31-9-11-34-12-10-31/h1-8,13-15H,9-12H2,(H2,28,33). The first-order valence-electron chi connectivity index (χ1n) is 10.8. The minimum Gasteiger partial charge on any atom is -0.378 e. The van der Waals surface area contributed by atoms with E-state index in [9.17, 15) is 14.0 Å². The third kappa shape index (κ3) is 4.11. The molecule has 1 aliphatic heterocycles. The average molecular weight is 456 g/mol. The Hall–Kier alpha value is -4.17. The molecule has 8 heteroatoms. The lowest BCUT2D eigenvalue weighted by Gasteiger charge is -2.27. The second kappa shape index (κ2) is 8.99. The van der Waals surface area contributed by atoms with Crippen molar-refractivity contribution in [3.63, 3.8) is 0 Å². The lowest BCUT2D eigenvalue weighted by Crippen LogP contribution is -2.36. The van der Waals surface area contributed by atoms with Crippen molar-refractivity contribution in [2.45, 2.75) is 0 Å². The number of halogens is 1. The van der Waals surface area contributed by atoms with Crippen LogP contribution in [0.3, 0.4) is 0 Å². The predicted molar refractivity (Wildman–Crippen MR) is 126 cm³/mol. The maximum atomic E-state index is 14.7. The van der Waals surface area contributed by atoms with Crippen LogP contribution in [0.25, 0.3) is 22.2 Å². The number of ketones is 1. The zero-order valence-corrected chi connectivity index (χ0v) is 18.2. The van der Waals surface area contributed by atoms with Crippen molar-refractivity contribution < 1.29 is 18.7 Å². The molecule has 4 aromatic rings. The van der Waals surface area contributed by atoms with Crippen LogP contribution < -0.4 is 10.6 Å². The van der Waals surface area contributed by atoms with Crippen LogP contribution in [0.15, 0.2) is 66.9 Å². The summed E-state index contributed by atoms with van der Waals surface area (Å²) in [5, 5.41) is 0. The topological polar surface area (TPSA) is 98.4 Å². The fourth-order valence-corrected chi connectivity index (χ4v) is 4.06. The smallest absolute Gasteiger partial charge is 0.249 e. The number of fused-ring (bicyclic) bond motifs is 1. The van der Waals surface area contributed by atoms with E-state index < -0.39 is 17.5 Å². The lowest BCUT2D eigenvalue weighted by atomic mass is 9.94. The Morgan fingerprint density at radius 2 is 1.74 bits per heavy atom. The van der Waals surface area contributed by atoms with Gasteiger partial charge in [-0.3, -0.25) is 14.6 Å². The van der Waals surface area contributed by atoms with E-state index in [1.165, 1.54) is 18.2 Å². The normalized spacial score (nSPS) is 13.7. The van der Waals surface area contributed by atoms with Crippen molar-refractivity contribution >= 4 is 28.5 Å². The van der Waals surface area contributed by atoms with Gasteiger partial charge in [-0.05, 0) is 47.5 Å². The van der Waals surface area contributed by atoms with E-state index in [1.54, 1.807) is 48.7 Å². The summed E-state index contributed by atoms with van der Waals surface area (Å²) in [5.41, 5.74) is 8.21. The van der Waals surface area contributed by atoms with Crippen LogP contribution in [0.5, 0.6) is 0 Å². The number of amides is 1. The summed E-state index contributed by atoms with van der Waals surface area (Å²) in [6, 6.07) is 15.9. The summed E-state index contributed by atoms with van der Waals surface area (Å²) in [5.74, 6) is -1.04. The Bertz CT molecular complexity index is 1420. The molecule has 170 valence electrons. The van der Waals surface area contributed by atoms with Gasteiger partial charge in [-0.2, -0.15) is 0 Å². The monoisotopic (exact) mass is 456 g/mol. The molecule has 5 rings (SSSR count). The number of aromatic nitrogens is 2. The highest BCUT2D eigenvalue weighted by Crippen LogP contribution is 2.27. The van der Waals surface area contributed by atoms with Gasteiger partial charge in [0.15, 0.2) is 5.78 Å². The minimum absolute atomic E-state index is 0.103. The number of morpholine rings is 1. The zero-order chi connectivity index (χ0) is 23.7. The average Bonchev–Trinajstić information content (AvgIpc) is 2.88. The molecule has 1 amide bonds. The molecular weight excluding hydrogens is 435 g/mol. The third-order valence-corrected chi connectivity index (χ3v) is 5.84. The Labute approximate surface area is 195 Å². The van der Waals surface area contributed by atoms with Gasteiger partial charge in [0.25, 0.3) is 0 Å². The number of primary amides is 1. The first kappa shape index (κ1) is 21.7. The van der Waals surface area contributed by atoms with Gasteiger partial charge in [-0.1, -0.05) is 24.3 Å². The van der Waals surface area contributed by atoms with Gasteiger partial charge in [-0.25, -0.2) is 9.37 Å². The molecule has 0 bridgehead atoms. The Morgan fingerprint density at radius 1 is 0.941 bits per heavy atom. The van der Waals surface area contributed by atoms with Crippen LogP contribution in [0, 0.1) is 5.82 Å². The molecule has 1 fully saturated rings. The highest BCUT2D eigenvalue weighted by Gasteiger charge is 2.19. The van der Waals surface area contributed by atoms with E-state index in [1.807, 2.05) is 0 Å². The van der Waals surface area contributed by atoms with Crippen molar-refractivity contribution in [1.82, 2.24) is 9.97 Å². The molecule has 34 heavy (non-hydrogen) atoms. The SMILES string of the molecule is NC(=O)c1ccccc1-c1ccc(F)c(C(=O)c2ccc3ncc(N4CCOCC4)nc3c2)c1. The fraction of sp³-hybridized carbons (Fsp3) is 0.154. The van der Waals surface area contributed by atoms with Crippen molar-refractivity contribution in [2.24, 2.45) is 5.73 Å². The summed E-state index contributed by atoms with van der Waals surface area (Å²) in [6.45, 7) is 2.66. The van der Waals surface area contributed by atoms with Gasteiger partial charge in [0.2, 0.25) is 5.91 Å². The highest BCUT2D eigenvalue weighted by molar-refractivity contribution is 6.11. The first-order chi connectivity index (χ1) is 16.5.